The lowest BCUT2D eigenvalue weighted by atomic mass is 9.88. The fourth-order valence-electron chi connectivity index (χ4n) is 3.47. The van der Waals surface area contributed by atoms with E-state index in [1.807, 2.05) is 0 Å². The van der Waals surface area contributed by atoms with Crippen LogP contribution in [-0.4, -0.2) is 40.1 Å². The molecule has 3 rings (SSSR count). The number of nitrogens with zero attached hydrogens (tertiary/aromatic N) is 3. The molecule has 1 N–H and O–H groups in total. The third-order valence-corrected chi connectivity index (χ3v) is 4.62. The van der Waals surface area contributed by atoms with Gasteiger partial charge in [-0.15, -0.1) is 12.4 Å². The Balaban J connectivity index is 0.00000161. The Morgan fingerprint density at radius 3 is 2.67 bits per heavy atom. The fraction of sp³-hybridized carbons (Fsp3) is 0.786. The Morgan fingerprint density at radius 2 is 2.05 bits per heavy atom. The average molecular weight is 321 g/mol. The highest BCUT2D eigenvalue weighted by atomic mass is 35.5. The quantitative estimate of drug-likeness (QED) is 0.926. The zero-order valence-corrected chi connectivity index (χ0v) is 12.9. The number of piperidine rings is 1. The van der Waals surface area contributed by atoms with Crippen LogP contribution in [0.3, 0.4) is 0 Å². The molecule has 0 radical (unpaired) electrons. The SMILES string of the molecule is Cl.FC(F)n1ccnc1CN1CCC(C2CCCN2)CC1. The molecule has 0 bridgehead atoms. The highest BCUT2D eigenvalue weighted by molar-refractivity contribution is 5.85. The van der Waals surface area contributed by atoms with E-state index < -0.39 is 6.55 Å². The van der Waals surface area contributed by atoms with Gasteiger partial charge in [0, 0.05) is 18.4 Å². The molecular weight excluding hydrogens is 298 g/mol. The second-order valence-corrected chi connectivity index (χ2v) is 5.84. The zero-order valence-electron chi connectivity index (χ0n) is 12.0. The van der Waals surface area contributed by atoms with Crippen molar-refractivity contribution in [1.82, 2.24) is 19.8 Å². The first-order valence-corrected chi connectivity index (χ1v) is 7.49. The van der Waals surface area contributed by atoms with Crippen LogP contribution in [0.15, 0.2) is 12.4 Å². The summed E-state index contributed by atoms with van der Waals surface area (Å²) in [5.41, 5.74) is 0. The van der Waals surface area contributed by atoms with Crippen molar-refractivity contribution in [2.24, 2.45) is 5.92 Å². The molecule has 2 aliphatic rings. The summed E-state index contributed by atoms with van der Waals surface area (Å²) < 4.78 is 26.5. The van der Waals surface area contributed by atoms with Crippen molar-refractivity contribution in [2.45, 2.75) is 44.8 Å². The Bertz CT molecular complexity index is 426. The Labute approximate surface area is 130 Å². The lowest BCUT2D eigenvalue weighted by Gasteiger charge is -2.34. The van der Waals surface area contributed by atoms with Gasteiger partial charge < -0.3 is 5.32 Å². The molecule has 1 atom stereocenters. The first-order chi connectivity index (χ1) is 9.74. The smallest absolute Gasteiger partial charge is 0.314 e. The predicted molar refractivity (Wildman–Crippen MR) is 79.8 cm³/mol. The third kappa shape index (κ3) is 3.93. The second kappa shape index (κ2) is 7.51. The second-order valence-electron chi connectivity index (χ2n) is 5.84. The number of alkyl halides is 2. The average Bonchev–Trinajstić information content (AvgIpc) is 3.10. The minimum atomic E-state index is -2.49. The van der Waals surface area contributed by atoms with Crippen LogP contribution in [0.1, 0.15) is 38.1 Å². The molecule has 1 unspecified atom stereocenters. The summed E-state index contributed by atoms with van der Waals surface area (Å²) in [6.45, 7) is 1.16. The van der Waals surface area contributed by atoms with Crippen molar-refractivity contribution in [1.29, 1.82) is 0 Å². The van der Waals surface area contributed by atoms with Gasteiger partial charge in [0.2, 0.25) is 0 Å². The summed E-state index contributed by atoms with van der Waals surface area (Å²) in [7, 11) is 0. The van der Waals surface area contributed by atoms with Gasteiger partial charge in [-0.1, -0.05) is 0 Å². The molecule has 0 aliphatic carbocycles. The van der Waals surface area contributed by atoms with Gasteiger partial charge in [0.05, 0.1) is 6.54 Å². The zero-order chi connectivity index (χ0) is 13.9. The minimum absolute atomic E-state index is 0. The summed E-state index contributed by atoms with van der Waals surface area (Å²) >= 11 is 0. The van der Waals surface area contributed by atoms with Gasteiger partial charge in [-0.2, -0.15) is 8.78 Å². The number of aromatic nitrogens is 2. The van der Waals surface area contributed by atoms with E-state index in [9.17, 15) is 8.78 Å². The fourth-order valence-corrected chi connectivity index (χ4v) is 3.47. The summed E-state index contributed by atoms with van der Waals surface area (Å²) in [6, 6.07) is 0.681. The largest absolute Gasteiger partial charge is 0.319 e. The van der Waals surface area contributed by atoms with Gasteiger partial charge in [-0.05, 0) is 51.2 Å². The maximum atomic E-state index is 12.8. The lowest BCUT2D eigenvalue weighted by Crippen LogP contribution is -2.40. The van der Waals surface area contributed by atoms with Gasteiger partial charge in [0.15, 0.2) is 0 Å². The molecule has 21 heavy (non-hydrogen) atoms. The molecule has 0 spiro atoms. The Hall–Kier alpha value is -0.720. The van der Waals surface area contributed by atoms with Crippen molar-refractivity contribution in [2.75, 3.05) is 19.6 Å². The van der Waals surface area contributed by atoms with Crippen LogP contribution in [0.2, 0.25) is 0 Å². The van der Waals surface area contributed by atoms with Crippen LogP contribution < -0.4 is 5.32 Å². The Morgan fingerprint density at radius 1 is 1.29 bits per heavy atom. The van der Waals surface area contributed by atoms with Gasteiger partial charge in [-0.25, -0.2) is 4.98 Å². The van der Waals surface area contributed by atoms with Crippen molar-refractivity contribution in [3.8, 4) is 0 Å². The van der Waals surface area contributed by atoms with Crippen molar-refractivity contribution >= 4 is 12.4 Å². The summed E-state index contributed by atoms with van der Waals surface area (Å²) in [4.78, 5) is 6.30. The van der Waals surface area contributed by atoms with Crippen LogP contribution in [0.5, 0.6) is 0 Å². The van der Waals surface area contributed by atoms with E-state index in [0.29, 0.717) is 18.4 Å². The first kappa shape index (κ1) is 16.6. The molecular formula is C14H23ClF2N4. The molecule has 7 heteroatoms. The van der Waals surface area contributed by atoms with Crippen molar-refractivity contribution in [3.63, 3.8) is 0 Å². The number of hydrogen-bond acceptors (Lipinski definition) is 3. The van der Waals surface area contributed by atoms with Gasteiger partial charge in [0.25, 0.3) is 0 Å². The first-order valence-electron chi connectivity index (χ1n) is 7.49. The summed E-state index contributed by atoms with van der Waals surface area (Å²) in [5.74, 6) is 1.22. The molecule has 0 saturated carbocycles. The molecule has 3 heterocycles. The van der Waals surface area contributed by atoms with Crippen molar-refractivity contribution in [3.05, 3.63) is 18.2 Å². The van der Waals surface area contributed by atoms with Gasteiger partial charge in [0.1, 0.15) is 5.82 Å². The highest BCUT2D eigenvalue weighted by Crippen LogP contribution is 2.26. The minimum Gasteiger partial charge on any atom is -0.314 e. The molecule has 4 nitrogen and oxygen atoms in total. The molecule has 2 aliphatic heterocycles. The number of halogens is 3. The number of hydrogen-bond donors (Lipinski definition) is 1. The Kier molecular flexibility index (Phi) is 5.96. The molecule has 120 valence electrons. The van der Waals surface area contributed by atoms with Crippen molar-refractivity contribution < 1.29 is 8.78 Å². The van der Waals surface area contributed by atoms with Gasteiger partial charge in [-0.3, -0.25) is 9.47 Å². The van der Waals surface area contributed by atoms with Crippen LogP contribution >= 0.6 is 12.4 Å². The van der Waals surface area contributed by atoms with Crippen LogP contribution in [0.4, 0.5) is 8.78 Å². The van der Waals surface area contributed by atoms with E-state index >= 15 is 0 Å². The standard InChI is InChI=1S/C14H22F2N4.ClH/c15-14(16)20-9-6-18-13(20)10-19-7-3-11(4-8-19)12-2-1-5-17-12;/h6,9,11-12,14,17H,1-5,7-8,10H2;1H. The van der Waals surface area contributed by atoms with E-state index in [1.54, 1.807) is 0 Å². The molecule has 0 aromatic carbocycles. The van der Waals surface area contributed by atoms with Crippen LogP contribution in [0.25, 0.3) is 0 Å². The maximum absolute atomic E-state index is 12.8. The molecule has 0 amide bonds. The van der Waals surface area contributed by atoms with E-state index in [2.05, 4.69) is 15.2 Å². The monoisotopic (exact) mass is 320 g/mol. The molecule has 1 aromatic heterocycles. The molecule has 2 fully saturated rings. The number of imidazole rings is 1. The van der Waals surface area contributed by atoms with Crippen LogP contribution in [-0.2, 0) is 6.54 Å². The number of rotatable bonds is 4. The van der Waals surface area contributed by atoms with Crippen LogP contribution in [0, 0.1) is 5.92 Å². The van der Waals surface area contributed by atoms with Gasteiger partial charge >= 0.3 is 6.55 Å². The summed E-state index contributed by atoms with van der Waals surface area (Å²) in [5, 5.41) is 3.58. The predicted octanol–water partition coefficient (Wildman–Crippen LogP) is 2.66. The van der Waals surface area contributed by atoms with E-state index in [0.717, 1.165) is 43.0 Å². The van der Waals surface area contributed by atoms with E-state index in [4.69, 9.17) is 0 Å². The topological polar surface area (TPSA) is 33.1 Å². The van der Waals surface area contributed by atoms with E-state index in [1.165, 1.54) is 25.2 Å². The summed E-state index contributed by atoms with van der Waals surface area (Å²) in [6.07, 6.45) is 7.71. The highest BCUT2D eigenvalue weighted by Gasteiger charge is 2.28. The van der Waals surface area contributed by atoms with E-state index in [-0.39, 0.29) is 12.4 Å². The molecule has 1 aromatic rings. The lowest BCUT2D eigenvalue weighted by molar-refractivity contribution is 0.0619. The molecule has 2 saturated heterocycles. The number of likely N-dealkylation sites (tertiary alicyclic amines) is 1. The normalized spacial score (nSPS) is 24.4. The number of nitrogens with one attached hydrogen (secondary N) is 1. The maximum Gasteiger partial charge on any atom is 0.319 e. The third-order valence-electron chi connectivity index (χ3n) is 4.62.